The molecule has 0 radical (unpaired) electrons. The van der Waals surface area contributed by atoms with Gasteiger partial charge in [-0.3, -0.25) is 0 Å². The molecular formula is C22H31IN4O2S. The van der Waals surface area contributed by atoms with Crippen molar-refractivity contribution in [3.8, 4) is 17.4 Å². The van der Waals surface area contributed by atoms with Gasteiger partial charge in [0.05, 0.1) is 13.7 Å². The van der Waals surface area contributed by atoms with Gasteiger partial charge in [0, 0.05) is 30.1 Å². The lowest BCUT2D eigenvalue weighted by molar-refractivity contribution is 0.412. The second-order valence-electron chi connectivity index (χ2n) is 6.99. The lowest BCUT2D eigenvalue weighted by atomic mass is 10.2. The molecule has 0 aliphatic heterocycles. The topological polar surface area (TPSA) is 67.8 Å². The zero-order valence-electron chi connectivity index (χ0n) is 17.8. The Morgan fingerprint density at radius 3 is 2.53 bits per heavy atom. The van der Waals surface area contributed by atoms with Crippen LogP contribution in [-0.4, -0.2) is 42.1 Å². The fourth-order valence-corrected chi connectivity index (χ4v) is 4.09. The molecule has 2 unspecified atom stereocenters. The lowest BCUT2D eigenvalue weighted by Gasteiger charge is -2.17. The van der Waals surface area contributed by atoms with Crippen molar-refractivity contribution in [1.29, 1.82) is 0 Å². The molecule has 164 valence electrons. The van der Waals surface area contributed by atoms with E-state index in [1.54, 1.807) is 7.11 Å². The van der Waals surface area contributed by atoms with Gasteiger partial charge in [-0.15, -0.1) is 24.0 Å². The summed E-state index contributed by atoms with van der Waals surface area (Å²) in [6.45, 7) is 3.50. The monoisotopic (exact) mass is 542 g/mol. The lowest BCUT2D eigenvalue weighted by Crippen LogP contribution is -2.42. The Morgan fingerprint density at radius 1 is 1.17 bits per heavy atom. The van der Waals surface area contributed by atoms with Crippen LogP contribution in [-0.2, 0) is 6.54 Å². The van der Waals surface area contributed by atoms with E-state index in [1.165, 1.54) is 19.3 Å². The van der Waals surface area contributed by atoms with Crippen molar-refractivity contribution in [3.63, 3.8) is 0 Å². The molecule has 3 rings (SSSR count). The molecule has 1 heterocycles. The first-order valence-corrected chi connectivity index (χ1v) is 11.3. The van der Waals surface area contributed by atoms with Crippen LogP contribution in [0.3, 0.4) is 0 Å². The third kappa shape index (κ3) is 7.54. The molecule has 2 aromatic rings. The summed E-state index contributed by atoms with van der Waals surface area (Å²) in [5.41, 5.74) is 1.04. The summed E-state index contributed by atoms with van der Waals surface area (Å²) in [7, 11) is 1.64. The van der Waals surface area contributed by atoms with E-state index in [0.29, 0.717) is 18.5 Å². The molecular weight excluding hydrogens is 511 g/mol. The van der Waals surface area contributed by atoms with Crippen molar-refractivity contribution in [2.24, 2.45) is 4.99 Å². The van der Waals surface area contributed by atoms with Crippen LogP contribution >= 0.6 is 35.7 Å². The fraction of sp³-hybridized carbons (Fsp3) is 0.455. The normalized spacial score (nSPS) is 18.4. The van der Waals surface area contributed by atoms with Crippen molar-refractivity contribution >= 4 is 41.7 Å². The van der Waals surface area contributed by atoms with Crippen LogP contribution in [0.15, 0.2) is 47.6 Å². The number of ether oxygens (including phenoxy) is 2. The Hall–Kier alpha value is -1.68. The third-order valence-electron chi connectivity index (χ3n) is 4.90. The number of pyridine rings is 1. The van der Waals surface area contributed by atoms with E-state index in [1.807, 2.05) is 54.4 Å². The number of aliphatic imine (C=N–C) groups is 1. The van der Waals surface area contributed by atoms with Crippen LogP contribution in [0.2, 0.25) is 0 Å². The Bertz CT molecular complexity index is 787. The molecule has 0 bridgehead atoms. The summed E-state index contributed by atoms with van der Waals surface area (Å²) < 4.78 is 10.9. The fourth-order valence-electron chi connectivity index (χ4n) is 3.30. The zero-order valence-corrected chi connectivity index (χ0v) is 20.9. The molecule has 1 aromatic heterocycles. The van der Waals surface area contributed by atoms with Crippen LogP contribution < -0.4 is 20.1 Å². The summed E-state index contributed by atoms with van der Waals surface area (Å²) >= 11 is 1.96. The van der Waals surface area contributed by atoms with E-state index >= 15 is 0 Å². The molecule has 8 heteroatoms. The smallest absolute Gasteiger partial charge is 0.219 e. The Morgan fingerprint density at radius 2 is 1.93 bits per heavy atom. The standard InChI is InChI=1S/C22H30N4O2S.HI/c1-4-23-22(26-17-6-11-20(13-17)29-3)25-15-16-5-12-21(24-14-16)28-19-9-7-18(27-2)8-10-19;/h5,7-10,12,14,17,20H,4,6,11,13,15H2,1-3H3,(H2,23,25,26);1H. The molecule has 0 amide bonds. The number of benzene rings is 1. The molecule has 2 N–H and O–H groups in total. The van der Waals surface area contributed by atoms with Gasteiger partial charge < -0.3 is 20.1 Å². The summed E-state index contributed by atoms with van der Waals surface area (Å²) in [6, 6.07) is 11.8. The molecule has 2 atom stereocenters. The highest BCUT2D eigenvalue weighted by atomic mass is 127. The quantitative estimate of drug-likeness (QED) is 0.283. The minimum Gasteiger partial charge on any atom is -0.497 e. The average Bonchev–Trinajstić information content (AvgIpc) is 3.21. The van der Waals surface area contributed by atoms with Crippen molar-refractivity contribution in [3.05, 3.63) is 48.2 Å². The molecule has 1 fully saturated rings. The summed E-state index contributed by atoms with van der Waals surface area (Å²) in [5.74, 6) is 2.95. The largest absolute Gasteiger partial charge is 0.497 e. The molecule has 0 saturated heterocycles. The first-order chi connectivity index (χ1) is 14.2. The van der Waals surface area contributed by atoms with Gasteiger partial charge in [0.2, 0.25) is 5.88 Å². The predicted molar refractivity (Wildman–Crippen MR) is 136 cm³/mol. The number of thioether (sulfide) groups is 1. The van der Waals surface area contributed by atoms with Crippen molar-refractivity contribution < 1.29 is 9.47 Å². The predicted octanol–water partition coefficient (Wildman–Crippen LogP) is 4.84. The van der Waals surface area contributed by atoms with Gasteiger partial charge in [-0.25, -0.2) is 9.98 Å². The first-order valence-electron chi connectivity index (χ1n) is 10.0. The van der Waals surface area contributed by atoms with Gasteiger partial charge in [0.1, 0.15) is 11.5 Å². The SMILES string of the molecule is CCNC(=NCc1ccc(Oc2ccc(OC)cc2)nc1)NC1CCC(SC)C1.I. The number of guanidine groups is 1. The first kappa shape index (κ1) is 24.6. The maximum absolute atomic E-state index is 5.78. The van der Waals surface area contributed by atoms with E-state index < -0.39 is 0 Å². The van der Waals surface area contributed by atoms with Crippen LogP contribution in [0.25, 0.3) is 0 Å². The van der Waals surface area contributed by atoms with Gasteiger partial charge in [0.25, 0.3) is 0 Å². The number of methoxy groups -OCH3 is 1. The minimum atomic E-state index is 0. The highest BCUT2D eigenvalue weighted by molar-refractivity contribution is 14.0. The van der Waals surface area contributed by atoms with E-state index in [4.69, 9.17) is 14.5 Å². The molecule has 30 heavy (non-hydrogen) atoms. The number of hydrogen-bond acceptors (Lipinski definition) is 5. The van der Waals surface area contributed by atoms with E-state index in [0.717, 1.165) is 34.8 Å². The zero-order chi connectivity index (χ0) is 20.5. The Kier molecular flexibility index (Phi) is 10.6. The average molecular weight is 542 g/mol. The highest BCUT2D eigenvalue weighted by Crippen LogP contribution is 2.28. The number of rotatable bonds is 8. The van der Waals surface area contributed by atoms with E-state index in [-0.39, 0.29) is 24.0 Å². The number of hydrogen-bond donors (Lipinski definition) is 2. The summed E-state index contributed by atoms with van der Waals surface area (Å²) in [5, 5.41) is 7.68. The third-order valence-corrected chi connectivity index (χ3v) is 6.00. The molecule has 1 aliphatic carbocycles. The van der Waals surface area contributed by atoms with Gasteiger partial charge in [-0.2, -0.15) is 11.8 Å². The molecule has 1 saturated carbocycles. The Balaban J connectivity index is 0.00000320. The van der Waals surface area contributed by atoms with Crippen LogP contribution in [0.5, 0.6) is 17.4 Å². The second-order valence-corrected chi connectivity index (χ2v) is 8.13. The number of aromatic nitrogens is 1. The minimum absolute atomic E-state index is 0. The molecule has 1 aliphatic rings. The molecule has 0 spiro atoms. The molecule has 1 aromatic carbocycles. The summed E-state index contributed by atoms with van der Waals surface area (Å²) in [4.78, 5) is 9.12. The summed E-state index contributed by atoms with van der Waals surface area (Å²) in [6.07, 6.45) is 7.68. The van der Waals surface area contributed by atoms with Crippen LogP contribution in [0.1, 0.15) is 31.7 Å². The van der Waals surface area contributed by atoms with Gasteiger partial charge in [-0.1, -0.05) is 6.07 Å². The number of halogens is 1. The van der Waals surface area contributed by atoms with Gasteiger partial charge in [0.15, 0.2) is 5.96 Å². The van der Waals surface area contributed by atoms with Crippen molar-refractivity contribution in [2.75, 3.05) is 19.9 Å². The van der Waals surface area contributed by atoms with Gasteiger partial charge >= 0.3 is 0 Å². The van der Waals surface area contributed by atoms with E-state index in [9.17, 15) is 0 Å². The highest BCUT2D eigenvalue weighted by Gasteiger charge is 2.24. The number of nitrogens with one attached hydrogen (secondary N) is 2. The maximum Gasteiger partial charge on any atom is 0.219 e. The van der Waals surface area contributed by atoms with Crippen molar-refractivity contribution in [2.45, 2.75) is 44.0 Å². The second kappa shape index (κ2) is 12.9. The van der Waals surface area contributed by atoms with Gasteiger partial charge in [-0.05, 0) is 62.3 Å². The number of nitrogens with zero attached hydrogens (tertiary/aromatic N) is 2. The van der Waals surface area contributed by atoms with E-state index in [2.05, 4.69) is 28.8 Å². The van der Waals surface area contributed by atoms with Crippen LogP contribution in [0.4, 0.5) is 0 Å². The van der Waals surface area contributed by atoms with Crippen molar-refractivity contribution in [1.82, 2.24) is 15.6 Å². The van der Waals surface area contributed by atoms with Crippen LogP contribution in [0, 0.1) is 0 Å². The molecule has 6 nitrogen and oxygen atoms in total. The Labute approximate surface area is 200 Å². The maximum atomic E-state index is 5.78.